The lowest BCUT2D eigenvalue weighted by molar-refractivity contribution is -0.153. The van der Waals surface area contributed by atoms with E-state index in [4.69, 9.17) is 14.2 Å². The molecule has 0 unspecified atom stereocenters. The number of halogens is 3. The van der Waals surface area contributed by atoms with Crippen LogP contribution in [0.3, 0.4) is 0 Å². The first-order valence-corrected chi connectivity index (χ1v) is 12.0. The SMILES string of the molecule is CC1(C)O[C@@H]2[C@H](O1)[C@@H](Nc1cncc(C(F)(F)F)n1)CO[C@@H]2CNC(=O)c1ccc(-c2ccccc2)nc1. The molecule has 9 nitrogen and oxygen atoms in total. The van der Waals surface area contributed by atoms with E-state index in [2.05, 4.69) is 25.6 Å². The van der Waals surface area contributed by atoms with Crippen molar-refractivity contribution >= 4 is 11.7 Å². The van der Waals surface area contributed by atoms with Gasteiger partial charge in [0.25, 0.3) is 5.91 Å². The lowest BCUT2D eigenvalue weighted by atomic mass is 9.98. The molecule has 38 heavy (non-hydrogen) atoms. The van der Waals surface area contributed by atoms with E-state index in [1.54, 1.807) is 26.0 Å². The van der Waals surface area contributed by atoms with Crippen LogP contribution >= 0.6 is 0 Å². The number of rotatable bonds is 6. The maximum absolute atomic E-state index is 13.0. The van der Waals surface area contributed by atoms with Crippen molar-refractivity contribution in [1.29, 1.82) is 0 Å². The Balaban J connectivity index is 1.23. The maximum atomic E-state index is 13.0. The number of hydrogen-bond donors (Lipinski definition) is 2. The van der Waals surface area contributed by atoms with Gasteiger partial charge in [0.05, 0.1) is 36.3 Å². The number of carbonyl (C=O) groups is 1. The topological polar surface area (TPSA) is 107 Å². The van der Waals surface area contributed by atoms with E-state index >= 15 is 0 Å². The molecule has 0 aliphatic carbocycles. The van der Waals surface area contributed by atoms with Gasteiger partial charge in [-0.3, -0.25) is 14.8 Å². The van der Waals surface area contributed by atoms with Crippen molar-refractivity contribution in [3.63, 3.8) is 0 Å². The fourth-order valence-electron chi connectivity index (χ4n) is 4.50. The summed E-state index contributed by atoms with van der Waals surface area (Å²) in [5.41, 5.74) is 0.986. The number of pyridine rings is 1. The highest BCUT2D eigenvalue weighted by Crippen LogP contribution is 2.36. The number of carbonyl (C=O) groups excluding carboxylic acids is 1. The zero-order chi connectivity index (χ0) is 26.9. The monoisotopic (exact) mass is 529 g/mol. The van der Waals surface area contributed by atoms with Gasteiger partial charge in [0.1, 0.15) is 24.1 Å². The first-order chi connectivity index (χ1) is 18.1. The molecule has 0 bridgehead atoms. The van der Waals surface area contributed by atoms with Crippen LogP contribution in [0.5, 0.6) is 0 Å². The molecule has 1 aromatic carbocycles. The van der Waals surface area contributed by atoms with E-state index in [0.29, 0.717) is 11.8 Å². The Bertz CT molecular complexity index is 1270. The molecule has 0 radical (unpaired) electrons. The summed E-state index contributed by atoms with van der Waals surface area (Å²) in [6.45, 7) is 3.70. The third kappa shape index (κ3) is 5.77. The number of hydrogen-bond acceptors (Lipinski definition) is 8. The molecule has 4 heterocycles. The molecule has 200 valence electrons. The molecule has 2 N–H and O–H groups in total. The summed E-state index contributed by atoms with van der Waals surface area (Å²) in [4.78, 5) is 24.4. The number of nitrogens with one attached hydrogen (secondary N) is 2. The van der Waals surface area contributed by atoms with Gasteiger partial charge in [0.2, 0.25) is 0 Å². The highest BCUT2D eigenvalue weighted by atomic mass is 19.4. The molecule has 1 amide bonds. The summed E-state index contributed by atoms with van der Waals surface area (Å²) < 4.78 is 57.2. The molecular weight excluding hydrogens is 503 g/mol. The zero-order valence-corrected chi connectivity index (χ0v) is 20.6. The first kappa shape index (κ1) is 26.0. The minimum Gasteiger partial charge on any atom is -0.371 e. The summed E-state index contributed by atoms with van der Waals surface area (Å²) in [5, 5.41) is 5.78. The highest BCUT2D eigenvalue weighted by molar-refractivity contribution is 5.94. The fourth-order valence-corrected chi connectivity index (χ4v) is 4.50. The Morgan fingerprint density at radius 1 is 1.05 bits per heavy atom. The molecule has 5 rings (SSSR count). The van der Waals surface area contributed by atoms with E-state index in [1.165, 1.54) is 12.4 Å². The number of anilines is 1. The van der Waals surface area contributed by atoms with E-state index < -0.39 is 42.0 Å². The first-order valence-electron chi connectivity index (χ1n) is 12.0. The Labute approximate surface area is 216 Å². The molecular formula is C26H26F3N5O4. The van der Waals surface area contributed by atoms with Gasteiger partial charge in [-0.15, -0.1) is 0 Å². The third-order valence-electron chi connectivity index (χ3n) is 6.23. The number of benzene rings is 1. The molecule has 4 atom stereocenters. The molecule has 12 heteroatoms. The van der Waals surface area contributed by atoms with Crippen LogP contribution in [-0.4, -0.2) is 64.2 Å². The Hall–Kier alpha value is -3.61. The number of alkyl halides is 3. The van der Waals surface area contributed by atoms with Crippen molar-refractivity contribution in [3.05, 3.63) is 72.3 Å². The molecule has 2 saturated heterocycles. The molecule has 2 aliphatic rings. The van der Waals surface area contributed by atoms with Crippen molar-refractivity contribution in [2.24, 2.45) is 0 Å². The summed E-state index contributed by atoms with van der Waals surface area (Å²) >= 11 is 0. The lowest BCUT2D eigenvalue weighted by Gasteiger charge is -2.37. The number of ether oxygens (including phenoxy) is 3. The van der Waals surface area contributed by atoms with Crippen LogP contribution in [0.4, 0.5) is 19.0 Å². The summed E-state index contributed by atoms with van der Waals surface area (Å²) in [6.07, 6.45) is -2.95. The van der Waals surface area contributed by atoms with Gasteiger partial charge in [-0.25, -0.2) is 4.98 Å². The van der Waals surface area contributed by atoms with Crippen molar-refractivity contribution in [2.75, 3.05) is 18.5 Å². The molecule has 2 aliphatic heterocycles. The fraction of sp³-hybridized carbons (Fsp3) is 0.385. The lowest BCUT2D eigenvalue weighted by Crippen LogP contribution is -2.57. The van der Waals surface area contributed by atoms with Gasteiger partial charge in [0, 0.05) is 18.3 Å². The number of fused-ring (bicyclic) bond motifs is 1. The standard InChI is InChI=1S/C26H26F3N5O4/c1-25(2)37-22-18(33-21-13-30-12-20(34-21)26(27,28)29)14-36-19(23(22)38-25)11-32-24(35)16-8-9-17(31-10-16)15-6-4-3-5-7-15/h3-10,12-13,18-19,22-23H,11,14H2,1-2H3,(H,32,35)(H,33,34)/t18-,19+,22+,23-/m0/s1. The third-order valence-corrected chi connectivity index (χ3v) is 6.23. The van der Waals surface area contributed by atoms with Crippen LogP contribution in [-0.2, 0) is 20.4 Å². The van der Waals surface area contributed by atoms with E-state index in [1.807, 2.05) is 30.3 Å². The van der Waals surface area contributed by atoms with Gasteiger partial charge < -0.3 is 24.8 Å². The Kier molecular flexibility index (Phi) is 7.03. The quantitative estimate of drug-likeness (QED) is 0.498. The Morgan fingerprint density at radius 2 is 1.82 bits per heavy atom. The predicted molar refractivity (Wildman–Crippen MR) is 130 cm³/mol. The number of amides is 1. The van der Waals surface area contributed by atoms with Crippen molar-refractivity contribution in [1.82, 2.24) is 20.3 Å². The Morgan fingerprint density at radius 3 is 2.53 bits per heavy atom. The van der Waals surface area contributed by atoms with Gasteiger partial charge in [-0.05, 0) is 26.0 Å². The zero-order valence-electron chi connectivity index (χ0n) is 20.6. The van der Waals surface area contributed by atoms with Crippen LogP contribution in [0.1, 0.15) is 29.9 Å². The highest BCUT2D eigenvalue weighted by Gasteiger charge is 2.52. The van der Waals surface area contributed by atoms with Crippen LogP contribution in [0.15, 0.2) is 61.1 Å². The van der Waals surface area contributed by atoms with E-state index in [0.717, 1.165) is 11.3 Å². The number of aromatic nitrogens is 3. The van der Waals surface area contributed by atoms with Gasteiger partial charge in [0.15, 0.2) is 11.5 Å². The number of nitrogens with zero attached hydrogens (tertiary/aromatic N) is 3. The normalized spacial score (nSPS) is 24.4. The average molecular weight is 530 g/mol. The van der Waals surface area contributed by atoms with Crippen LogP contribution in [0, 0.1) is 0 Å². The average Bonchev–Trinajstić information content (AvgIpc) is 3.24. The van der Waals surface area contributed by atoms with Gasteiger partial charge >= 0.3 is 6.18 Å². The molecule has 2 aromatic heterocycles. The summed E-state index contributed by atoms with van der Waals surface area (Å²) in [7, 11) is 0. The smallest absolute Gasteiger partial charge is 0.371 e. The minimum atomic E-state index is -4.62. The molecule has 0 saturated carbocycles. The molecule has 0 spiro atoms. The minimum absolute atomic E-state index is 0.0568. The predicted octanol–water partition coefficient (Wildman–Crippen LogP) is 3.69. The van der Waals surface area contributed by atoms with Gasteiger partial charge in [-0.2, -0.15) is 13.2 Å². The van der Waals surface area contributed by atoms with Crippen molar-refractivity contribution < 1.29 is 32.2 Å². The van der Waals surface area contributed by atoms with Crippen LogP contribution in [0.2, 0.25) is 0 Å². The second-order valence-corrected chi connectivity index (χ2v) is 9.48. The maximum Gasteiger partial charge on any atom is 0.434 e. The van der Waals surface area contributed by atoms with Crippen LogP contribution in [0.25, 0.3) is 11.3 Å². The van der Waals surface area contributed by atoms with Crippen LogP contribution < -0.4 is 10.6 Å². The van der Waals surface area contributed by atoms with E-state index in [9.17, 15) is 18.0 Å². The molecule has 3 aromatic rings. The van der Waals surface area contributed by atoms with Crippen molar-refractivity contribution in [3.8, 4) is 11.3 Å². The largest absolute Gasteiger partial charge is 0.434 e. The van der Waals surface area contributed by atoms with E-state index in [-0.39, 0.29) is 24.9 Å². The second-order valence-electron chi connectivity index (χ2n) is 9.48. The summed E-state index contributed by atoms with van der Waals surface area (Å²) in [6, 6.07) is 12.5. The second kappa shape index (κ2) is 10.3. The van der Waals surface area contributed by atoms with Gasteiger partial charge in [-0.1, -0.05) is 30.3 Å². The summed E-state index contributed by atoms with van der Waals surface area (Å²) in [5.74, 6) is -1.34. The van der Waals surface area contributed by atoms with Crippen molar-refractivity contribution in [2.45, 2.75) is 50.2 Å². The molecule has 2 fully saturated rings.